The molecule has 0 bridgehead atoms. The molecule has 2 aromatic carbocycles. The summed E-state index contributed by atoms with van der Waals surface area (Å²) in [7, 11) is 1.54. The highest BCUT2D eigenvalue weighted by Gasteiger charge is 2.36. The van der Waals surface area contributed by atoms with Crippen LogP contribution in [-0.4, -0.2) is 24.9 Å². The largest absolute Gasteiger partial charge is 0.493 e. The van der Waals surface area contributed by atoms with E-state index in [0.29, 0.717) is 43.8 Å². The molecule has 0 N–H and O–H groups in total. The number of amides is 2. The molecule has 5 nitrogen and oxygen atoms in total. The van der Waals surface area contributed by atoms with Crippen molar-refractivity contribution in [2.45, 2.75) is 6.92 Å². The van der Waals surface area contributed by atoms with Gasteiger partial charge in [-0.3, -0.25) is 9.59 Å². The summed E-state index contributed by atoms with van der Waals surface area (Å²) >= 11 is 10.3. The summed E-state index contributed by atoms with van der Waals surface area (Å²) in [6.45, 7) is 2.37. The van der Waals surface area contributed by atoms with Gasteiger partial charge in [-0.05, 0) is 76.6 Å². The standard InChI is InChI=1S/C19H15BrClNO4S/c1-3-26-17-14(20)7-11(8-15(17)25-2)9-16-18(23)22(19(24)27-16)13-6-4-5-12(21)10-13/h4-10H,3H2,1-2H3/b16-9+. The molecule has 1 heterocycles. The van der Waals surface area contributed by atoms with Crippen LogP contribution in [0.25, 0.3) is 6.08 Å². The van der Waals surface area contributed by atoms with E-state index in [2.05, 4.69) is 15.9 Å². The number of thioether (sulfide) groups is 1. The highest BCUT2D eigenvalue weighted by Crippen LogP contribution is 2.40. The first kappa shape index (κ1) is 19.8. The first-order chi connectivity index (χ1) is 12.9. The van der Waals surface area contributed by atoms with Crippen molar-refractivity contribution in [1.82, 2.24) is 0 Å². The second-order valence-corrected chi connectivity index (χ2v) is 7.75. The fraction of sp³-hybridized carbons (Fsp3) is 0.158. The average molecular weight is 469 g/mol. The van der Waals surface area contributed by atoms with E-state index < -0.39 is 5.91 Å². The minimum atomic E-state index is -0.392. The van der Waals surface area contributed by atoms with Gasteiger partial charge >= 0.3 is 0 Å². The lowest BCUT2D eigenvalue weighted by Gasteiger charge is -2.13. The summed E-state index contributed by atoms with van der Waals surface area (Å²) in [6, 6.07) is 10.2. The fourth-order valence-electron chi connectivity index (χ4n) is 2.56. The van der Waals surface area contributed by atoms with Gasteiger partial charge in [0, 0.05) is 5.02 Å². The van der Waals surface area contributed by atoms with Crippen LogP contribution < -0.4 is 14.4 Å². The van der Waals surface area contributed by atoms with E-state index in [9.17, 15) is 9.59 Å². The van der Waals surface area contributed by atoms with Crippen molar-refractivity contribution in [3.8, 4) is 11.5 Å². The number of ether oxygens (including phenoxy) is 2. The van der Waals surface area contributed by atoms with Crippen LogP contribution in [0, 0.1) is 0 Å². The normalized spacial score (nSPS) is 15.6. The van der Waals surface area contributed by atoms with E-state index in [-0.39, 0.29) is 5.24 Å². The first-order valence-electron chi connectivity index (χ1n) is 7.98. The second kappa shape index (κ2) is 8.37. The van der Waals surface area contributed by atoms with E-state index in [4.69, 9.17) is 21.1 Å². The number of carbonyl (C=O) groups is 2. The van der Waals surface area contributed by atoms with Crippen LogP contribution >= 0.6 is 39.3 Å². The summed E-state index contributed by atoms with van der Waals surface area (Å²) in [6.07, 6.45) is 1.65. The van der Waals surface area contributed by atoms with Gasteiger partial charge in [-0.15, -0.1) is 0 Å². The predicted molar refractivity (Wildman–Crippen MR) is 112 cm³/mol. The van der Waals surface area contributed by atoms with E-state index in [1.807, 2.05) is 6.92 Å². The highest BCUT2D eigenvalue weighted by molar-refractivity contribution is 9.10. The van der Waals surface area contributed by atoms with Crippen molar-refractivity contribution in [1.29, 1.82) is 0 Å². The zero-order valence-corrected chi connectivity index (χ0v) is 17.7. The Kier molecular flexibility index (Phi) is 6.14. The lowest BCUT2D eigenvalue weighted by atomic mass is 10.1. The molecule has 2 amide bonds. The number of benzene rings is 2. The molecule has 8 heteroatoms. The van der Waals surface area contributed by atoms with Gasteiger partial charge < -0.3 is 9.47 Å². The van der Waals surface area contributed by atoms with Crippen LogP contribution in [0.5, 0.6) is 11.5 Å². The number of hydrogen-bond acceptors (Lipinski definition) is 5. The summed E-state index contributed by atoms with van der Waals surface area (Å²) < 4.78 is 11.6. The molecule has 27 heavy (non-hydrogen) atoms. The van der Waals surface area contributed by atoms with Gasteiger partial charge in [-0.25, -0.2) is 4.90 Å². The number of nitrogens with zero attached hydrogens (tertiary/aromatic N) is 1. The fourth-order valence-corrected chi connectivity index (χ4v) is 4.16. The van der Waals surface area contributed by atoms with Crippen LogP contribution in [0.4, 0.5) is 10.5 Å². The van der Waals surface area contributed by atoms with Crippen LogP contribution in [-0.2, 0) is 4.79 Å². The maximum absolute atomic E-state index is 12.7. The third-order valence-corrected chi connectivity index (χ3v) is 5.39. The quantitative estimate of drug-likeness (QED) is 0.523. The van der Waals surface area contributed by atoms with Crippen LogP contribution in [0.2, 0.25) is 5.02 Å². The lowest BCUT2D eigenvalue weighted by molar-refractivity contribution is -0.113. The van der Waals surface area contributed by atoms with E-state index in [0.717, 1.165) is 16.7 Å². The van der Waals surface area contributed by atoms with Gasteiger partial charge in [0.15, 0.2) is 11.5 Å². The molecule has 0 saturated carbocycles. The maximum Gasteiger partial charge on any atom is 0.298 e. The SMILES string of the molecule is CCOc1c(Br)cc(/C=C2/SC(=O)N(c3cccc(Cl)c3)C2=O)cc1OC. The van der Waals surface area contributed by atoms with E-state index in [1.54, 1.807) is 49.6 Å². The van der Waals surface area contributed by atoms with Crippen molar-refractivity contribution < 1.29 is 19.1 Å². The van der Waals surface area contributed by atoms with E-state index in [1.165, 1.54) is 0 Å². The Labute approximate surface area is 174 Å². The number of methoxy groups -OCH3 is 1. The van der Waals surface area contributed by atoms with Crippen molar-refractivity contribution in [2.24, 2.45) is 0 Å². The molecule has 1 aliphatic heterocycles. The minimum Gasteiger partial charge on any atom is -0.493 e. The molecule has 0 aromatic heterocycles. The van der Waals surface area contributed by atoms with Gasteiger partial charge in [0.25, 0.3) is 11.1 Å². The van der Waals surface area contributed by atoms with Crippen LogP contribution in [0.3, 0.4) is 0 Å². The number of carbonyl (C=O) groups excluding carboxylic acids is 2. The first-order valence-corrected chi connectivity index (χ1v) is 9.97. The number of imide groups is 1. The molecule has 0 radical (unpaired) electrons. The molecular formula is C19H15BrClNO4S. The van der Waals surface area contributed by atoms with E-state index >= 15 is 0 Å². The molecule has 1 saturated heterocycles. The Bertz CT molecular complexity index is 947. The maximum atomic E-state index is 12.7. The number of rotatable bonds is 5. The van der Waals surface area contributed by atoms with Crippen molar-refractivity contribution in [3.05, 3.63) is 56.4 Å². The zero-order chi connectivity index (χ0) is 19.6. The predicted octanol–water partition coefficient (Wildman–Crippen LogP) is 5.75. The molecule has 0 unspecified atom stereocenters. The number of halogens is 2. The van der Waals surface area contributed by atoms with Crippen molar-refractivity contribution >= 4 is 62.2 Å². The van der Waals surface area contributed by atoms with Gasteiger partial charge in [-0.1, -0.05) is 17.7 Å². The van der Waals surface area contributed by atoms with Gasteiger partial charge in [0.05, 0.1) is 28.8 Å². The molecule has 0 atom stereocenters. The van der Waals surface area contributed by atoms with Crippen molar-refractivity contribution in [3.63, 3.8) is 0 Å². The second-order valence-electron chi connectivity index (χ2n) is 5.46. The Morgan fingerprint density at radius 2 is 2.04 bits per heavy atom. The molecule has 1 aliphatic rings. The minimum absolute atomic E-state index is 0.318. The third kappa shape index (κ3) is 4.15. The Hall–Kier alpha value is -1.96. The summed E-state index contributed by atoms with van der Waals surface area (Å²) in [5, 5.41) is 0.0844. The Morgan fingerprint density at radius 1 is 1.26 bits per heavy atom. The van der Waals surface area contributed by atoms with Gasteiger partial charge in [0.2, 0.25) is 0 Å². The Balaban J connectivity index is 1.95. The van der Waals surface area contributed by atoms with Crippen LogP contribution in [0.1, 0.15) is 12.5 Å². The lowest BCUT2D eigenvalue weighted by Crippen LogP contribution is -2.27. The van der Waals surface area contributed by atoms with Gasteiger partial charge in [0.1, 0.15) is 0 Å². The topological polar surface area (TPSA) is 55.8 Å². The number of hydrogen-bond donors (Lipinski definition) is 0. The number of anilines is 1. The summed E-state index contributed by atoms with van der Waals surface area (Å²) in [4.78, 5) is 26.5. The molecule has 0 aliphatic carbocycles. The van der Waals surface area contributed by atoms with Gasteiger partial charge in [-0.2, -0.15) is 0 Å². The molecule has 140 valence electrons. The smallest absolute Gasteiger partial charge is 0.298 e. The third-order valence-electron chi connectivity index (χ3n) is 3.70. The average Bonchev–Trinajstić information content (AvgIpc) is 2.90. The zero-order valence-electron chi connectivity index (χ0n) is 14.5. The summed E-state index contributed by atoms with van der Waals surface area (Å²) in [5.41, 5.74) is 1.15. The Morgan fingerprint density at radius 3 is 2.70 bits per heavy atom. The van der Waals surface area contributed by atoms with Crippen molar-refractivity contribution in [2.75, 3.05) is 18.6 Å². The highest BCUT2D eigenvalue weighted by atomic mass is 79.9. The monoisotopic (exact) mass is 467 g/mol. The molecule has 2 aromatic rings. The molecular weight excluding hydrogens is 454 g/mol. The molecule has 0 spiro atoms. The molecule has 1 fully saturated rings. The summed E-state index contributed by atoms with van der Waals surface area (Å²) in [5.74, 6) is 0.729. The van der Waals surface area contributed by atoms with Crippen LogP contribution in [0.15, 0.2) is 45.8 Å². The molecule has 3 rings (SSSR count).